The number of fused-ring (bicyclic) bond motifs is 2. The summed E-state index contributed by atoms with van der Waals surface area (Å²) >= 11 is 0. The summed E-state index contributed by atoms with van der Waals surface area (Å²) in [4.78, 5) is 11.2. The summed E-state index contributed by atoms with van der Waals surface area (Å²) in [6.45, 7) is 2.49. The van der Waals surface area contributed by atoms with E-state index in [1.165, 1.54) is 44.1 Å². The van der Waals surface area contributed by atoms with Crippen LogP contribution in [-0.4, -0.2) is 5.91 Å². The number of carbonyl (C=O) groups excluding carboxylic acids is 1. The highest BCUT2D eigenvalue weighted by Crippen LogP contribution is 2.54. The van der Waals surface area contributed by atoms with Crippen LogP contribution in [0.15, 0.2) is 48.5 Å². The van der Waals surface area contributed by atoms with Gasteiger partial charge in [0.15, 0.2) is 0 Å². The number of nitrogens with two attached hydrogens (primary N) is 1. The molecule has 0 atom stereocenters. The van der Waals surface area contributed by atoms with E-state index in [1.54, 1.807) is 24.3 Å². The first kappa shape index (κ1) is 17.1. The third kappa shape index (κ3) is 3.00. The Morgan fingerprint density at radius 1 is 0.885 bits per heavy atom. The zero-order valence-corrected chi connectivity index (χ0v) is 15.4. The minimum absolute atomic E-state index is 0.318. The molecule has 3 heteroatoms. The Kier molecular flexibility index (Phi) is 4.47. The quantitative estimate of drug-likeness (QED) is 0.799. The molecule has 0 heterocycles. The number of ether oxygens (including phenoxy) is 1. The lowest BCUT2D eigenvalue weighted by molar-refractivity contribution is 0.0666. The molecular formula is C23H27NO2. The molecule has 1 amide bonds. The summed E-state index contributed by atoms with van der Waals surface area (Å²) in [6.07, 6.45) is 8.28. The highest BCUT2D eigenvalue weighted by Gasteiger charge is 2.46. The Labute approximate surface area is 155 Å². The van der Waals surface area contributed by atoms with E-state index in [1.807, 2.05) is 0 Å². The fraction of sp³-hybridized carbons (Fsp3) is 0.435. The zero-order valence-electron chi connectivity index (χ0n) is 15.4. The number of amides is 1. The lowest BCUT2D eigenvalue weighted by Crippen LogP contribution is -2.45. The van der Waals surface area contributed by atoms with Gasteiger partial charge in [0, 0.05) is 5.56 Å². The van der Waals surface area contributed by atoms with Crippen molar-refractivity contribution in [3.8, 4) is 11.5 Å². The minimum Gasteiger partial charge on any atom is -0.457 e. The number of carbonyl (C=O) groups is 1. The SMILES string of the molecule is CC1(c2ccc(Oc3ccc(C(N)=O)cc3)cc2)C2CCCC1CCC2. The Morgan fingerprint density at radius 3 is 1.81 bits per heavy atom. The molecule has 2 saturated carbocycles. The standard InChI is InChI=1S/C23H27NO2/c1-23(17-4-2-5-18(23)7-3-6-17)19-10-14-21(15-11-19)26-20-12-8-16(9-13-20)22(24)25/h8-15,17-18H,2-7H2,1H3,(H2,24,25). The smallest absolute Gasteiger partial charge is 0.248 e. The Balaban J connectivity index is 1.52. The predicted molar refractivity (Wildman–Crippen MR) is 104 cm³/mol. The van der Waals surface area contributed by atoms with Gasteiger partial charge in [-0.05, 0) is 84.9 Å². The van der Waals surface area contributed by atoms with Crippen molar-refractivity contribution in [3.05, 3.63) is 59.7 Å². The number of hydrogen-bond donors (Lipinski definition) is 1. The van der Waals surface area contributed by atoms with Crippen molar-refractivity contribution in [3.63, 3.8) is 0 Å². The Morgan fingerprint density at radius 2 is 1.35 bits per heavy atom. The molecule has 0 spiro atoms. The van der Waals surface area contributed by atoms with Gasteiger partial charge in [-0.15, -0.1) is 0 Å². The van der Waals surface area contributed by atoms with Crippen molar-refractivity contribution in [2.24, 2.45) is 17.6 Å². The van der Waals surface area contributed by atoms with Crippen LogP contribution in [-0.2, 0) is 5.41 Å². The first-order chi connectivity index (χ1) is 12.6. The number of benzene rings is 2. The maximum atomic E-state index is 11.2. The topological polar surface area (TPSA) is 52.3 Å². The predicted octanol–water partition coefficient (Wildman–Crippen LogP) is 5.44. The van der Waals surface area contributed by atoms with Gasteiger partial charge in [-0.2, -0.15) is 0 Å². The van der Waals surface area contributed by atoms with E-state index in [0.717, 1.165) is 17.6 Å². The van der Waals surface area contributed by atoms with Gasteiger partial charge < -0.3 is 10.5 Å². The van der Waals surface area contributed by atoms with Gasteiger partial charge in [-0.25, -0.2) is 0 Å². The number of rotatable bonds is 4. The van der Waals surface area contributed by atoms with Gasteiger partial charge in [0.2, 0.25) is 5.91 Å². The van der Waals surface area contributed by atoms with E-state index in [9.17, 15) is 4.79 Å². The van der Waals surface area contributed by atoms with Crippen LogP contribution in [0, 0.1) is 11.8 Å². The minimum atomic E-state index is -0.424. The fourth-order valence-corrected chi connectivity index (χ4v) is 5.22. The van der Waals surface area contributed by atoms with Crippen molar-refractivity contribution in [2.75, 3.05) is 0 Å². The molecule has 26 heavy (non-hydrogen) atoms. The molecule has 136 valence electrons. The monoisotopic (exact) mass is 349 g/mol. The average molecular weight is 349 g/mol. The maximum absolute atomic E-state index is 11.2. The molecule has 2 aliphatic carbocycles. The molecule has 0 aromatic heterocycles. The lowest BCUT2D eigenvalue weighted by atomic mass is 9.53. The van der Waals surface area contributed by atoms with Crippen molar-refractivity contribution < 1.29 is 9.53 Å². The highest BCUT2D eigenvalue weighted by atomic mass is 16.5. The van der Waals surface area contributed by atoms with Crippen LogP contribution in [0.5, 0.6) is 11.5 Å². The van der Waals surface area contributed by atoms with Crippen molar-refractivity contribution >= 4 is 5.91 Å². The second-order valence-corrected chi connectivity index (χ2v) is 8.05. The second kappa shape index (κ2) is 6.79. The first-order valence-corrected chi connectivity index (χ1v) is 9.75. The Hall–Kier alpha value is -2.29. The van der Waals surface area contributed by atoms with Crippen LogP contribution in [0.4, 0.5) is 0 Å². The maximum Gasteiger partial charge on any atom is 0.248 e. The van der Waals surface area contributed by atoms with Gasteiger partial charge in [0.25, 0.3) is 0 Å². The summed E-state index contributed by atoms with van der Waals surface area (Å²) in [6, 6.07) is 15.6. The molecule has 2 bridgehead atoms. The van der Waals surface area contributed by atoms with E-state index in [0.29, 0.717) is 16.7 Å². The molecule has 0 aliphatic heterocycles. The Bertz CT molecular complexity index is 757. The summed E-state index contributed by atoms with van der Waals surface area (Å²) in [5.74, 6) is 2.76. The molecule has 0 unspecified atom stereocenters. The molecule has 2 aromatic carbocycles. The van der Waals surface area contributed by atoms with Gasteiger partial charge in [0.05, 0.1) is 0 Å². The molecule has 2 aromatic rings. The fourth-order valence-electron chi connectivity index (χ4n) is 5.22. The van der Waals surface area contributed by atoms with E-state index >= 15 is 0 Å². The summed E-state index contributed by atoms with van der Waals surface area (Å²) < 4.78 is 5.93. The van der Waals surface area contributed by atoms with Crippen LogP contribution in [0.25, 0.3) is 0 Å². The van der Waals surface area contributed by atoms with Crippen LogP contribution >= 0.6 is 0 Å². The average Bonchev–Trinajstić information content (AvgIpc) is 2.62. The molecular weight excluding hydrogens is 322 g/mol. The van der Waals surface area contributed by atoms with Gasteiger partial charge >= 0.3 is 0 Å². The largest absolute Gasteiger partial charge is 0.457 e. The summed E-state index contributed by atoms with van der Waals surface area (Å²) in [5, 5.41) is 0. The van der Waals surface area contributed by atoms with Crippen molar-refractivity contribution in [1.29, 1.82) is 0 Å². The second-order valence-electron chi connectivity index (χ2n) is 8.05. The molecule has 3 nitrogen and oxygen atoms in total. The van der Waals surface area contributed by atoms with E-state index in [4.69, 9.17) is 10.5 Å². The highest BCUT2D eigenvalue weighted by molar-refractivity contribution is 5.92. The summed E-state index contributed by atoms with van der Waals surface area (Å²) in [7, 11) is 0. The van der Waals surface area contributed by atoms with E-state index in [-0.39, 0.29) is 0 Å². The number of primary amides is 1. The summed E-state index contributed by atoms with van der Waals surface area (Å²) in [5.41, 5.74) is 7.54. The zero-order chi connectivity index (χ0) is 18.1. The number of hydrogen-bond acceptors (Lipinski definition) is 2. The molecule has 0 radical (unpaired) electrons. The van der Waals surface area contributed by atoms with Crippen molar-refractivity contribution in [1.82, 2.24) is 0 Å². The normalized spacial score (nSPS) is 27.7. The van der Waals surface area contributed by atoms with Crippen LogP contribution in [0.3, 0.4) is 0 Å². The lowest BCUT2D eigenvalue weighted by Gasteiger charge is -2.52. The third-order valence-corrected chi connectivity index (χ3v) is 6.76. The molecule has 2 aliphatic rings. The van der Waals surface area contributed by atoms with Crippen LogP contribution in [0.2, 0.25) is 0 Å². The third-order valence-electron chi connectivity index (χ3n) is 6.76. The van der Waals surface area contributed by atoms with Gasteiger partial charge in [-0.1, -0.05) is 31.9 Å². The molecule has 4 rings (SSSR count). The van der Waals surface area contributed by atoms with Gasteiger partial charge in [0.1, 0.15) is 11.5 Å². The van der Waals surface area contributed by atoms with Gasteiger partial charge in [-0.3, -0.25) is 4.79 Å². The molecule has 0 saturated heterocycles. The van der Waals surface area contributed by atoms with Crippen LogP contribution in [0.1, 0.15) is 61.4 Å². The molecule has 2 N–H and O–H groups in total. The van der Waals surface area contributed by atoms with Crippen LogP contribution < -0.4 is 10.5 Å². The first-order valence-electron chi connectivity index (χ1n) is 9.75. The van der Waals surface area contributed by atoms with E-state index in [2.05, 4.69) is 31.2 Å². The van der Waals surface area contributed by atoms with E-state index < -0.39 is 5.91 Å². The van der Waals surface area contributed by atoms with Crippen molar-refractivity contribution in [2.45, 2.75) is 50.9 Å². The molecule has 2 fully saturated rings.